The average molecular weight is 364 g/mol. The van der Waals surface area contributed by atoms with Gasteiger partial charge in [-0.3, -0.25) is 9.69 Å². The van der Waals surface area contributed by atoms with E-state index in [1.165, 1.54) is 36.0 Å². The van der Waals surface area contributed by atoms with E-state index in [1.54, 1.807) is 0 Å². The molecule has 1 N–H and O–H groups in total. The molecule has 4 nitrogen and oxygen atoms in total. The third kappa shape index (κ3) is 4.96. The number of hydrogen-bond acceptors (Lipinski definition) is 3. The van der Waals surface area contributed by atoms with Crippen molar-refractivity contribution in [2.24, 2.45) is 0 Å². The van der Waals surface area contributed by atoms with Crippen LogP contribution in [0.2, 0.25) is 0 Å². The Hall–Kier alpha value is -2.17. The Labute approximate surface area is 161 Å². The molecule has 0 aromatic heterocycles. The SMILES string of the molecule is O=C(Cc1ccc2c(c1)CCCC2)Nc1ccc(CN2CCOCC2)cc1. The molecule has 27 heavy (non-hydrogen) atoms. The van der Waals surface area contributed by atoms with Gasteiger partial charge in [-0.15, -0.1) is 0 Å². The molecule has 0 spiro atoms. The highest BCUT2D eigenvalue weighted by Crippen LogP contribution is 2.22. The third-order valence-corrected chi connectivity index (χ3v) is 5.53. The predicted octanol–water partition coefficient (Wildman–Crippen LogP) is 3.58. The summed E-state index contributed by atoms with van der Waals surface area (Å²) in [7, 11) is 0. The number of carbonyl (C=O) groups excluding carboxylic acids is 1. The summed E-state index contributed by atoms with van der Waals surface area (Å²) < 4.78 is 5.39. The zero-order valence-corrected chi connectivity index (χ0v) is 15.9. The topological polar surface area (TPSA) is 41.6 Å². The summed E-state index contributed by atoms with van der Waals surface area (Å²) in [6.07, 6.45) is 5.31. The number of carbonyl (C=O) groups is 1. The number of amides is 1. The van der Waals surface area contributed by atoms with Gasteiger partial charge in [0.25, 0.3) is 0 Å². The molecule has 1 aliphatic heterocycles. The monoisotopic (exact) mass is 364 g/mol. The maximum absolute atomic E-state index is 12.4. The van der Waals surface area contributed by atoms with Crippen molar-refractivity contribution in [3.05, 3.63) is 64.7 Å². The first-order chi connectivity index (χ1) is 13.3. The molecule has 1 saturated heterocycles. The van der Waals surface area contributed by atoms with Gasteiger partial charge in [0.05, 0.1) is 19.6 Å². The van der Waals surface area contributed by atoms with Crippen LogP contribution in [-0.2, 0) is 35.3 Å². The fraction of sp³-hybridized carbons (Fsp3) is 0.435. The zero-order chi connectivity index (χ0) is 18.5. The van der Waals surface area contributed by atoms with E-state index in [2.05, 4.69) is 40.5 Å². The minimum atomic E-state index is 0.0479. The van der Waals surface area contributed by atoms with Crippen molar-refractivity contribution in [2.45, 2.75) is 38.6 Å². The molecule has 0 bridgehead atoms. The van der Waals surface area contributed by atoms with Gasteiger partial charge >= 0.3 is 0 Å². The lowest BCUT2D eigenvalue weighted by Crippen LogP contribution is -2.35. The first-order valence-corrected chi connectivity index (χ1v) is 10.1. The number of anilines is 1. The Morgan fingerprint density at radius 2 is 1.63 bits per heavy atom. The van der Waals surface area contributed by atoms with E-state index in [9.17, 15) is 4.79 Å². The number of nitrogens with one attached hydrogen (secondary N) is 1. The summed E-state index contributed by atoms with van der Waals surface area (Å²) >= 11 is 0. The summed E-state index contributed by atoms with van der Waals surface area (Å²) in [4.78, 5) is 14.8. The summed E-state index contributed by atoms with van der Waals surface area (Å²) in [5.74, 6) is 0.0479. The van der Waals surface area contributed by atoms with Gasteiger partial charge in [0.2, 0.25) is 5.91 Å². The van der Waals surface area contributed by atoms with Gasteiger partial charge in [-0.2, -0.15) is 0 Å². The lowest BCUT2D eigenvalue weighted by Gasteiger charge is -2.26. The maximum atomic E-state index is 12.4. The van der Waals surface area contributed by atoms with Gasteiger partial charge < -0.3 is 10.1 Å². The Morgan fingerprint density at radius 3 is 2.41 bits per heavy atom. The van der Waals surface area contributed by atoms with E-state index in [1.807, 2.05) is 12.1 Å². The summed E-state index contributed by atoms with van der Waals surface area (Å²) in [5, 5.41) is 3.03. The average Bonchev–Trinajstić information content (AvgIpc) is 2.70. The van der Waals surface area contributed by atoms with Crippen LogP contribution in [0.5, 0.6) is 0 Å². The highest BCUT2D eigenvalue weighted by Gasteiger charge is 2.12. The first-order valence-electron chi connectivity index (χ1n) is 10.1. The molecular formula is C23H28N2O2. The smallest absolute Gasteiger partial charge is 0.228 e. The van der Waals surface area contributed by atoms with Crippen LogP contribution in [0.1, 0.15) is 35.1 Å². The molecule has 1 fully saturated rings. The molecule has 1 amide bonds. The van der Waals surface area contributed by atoms with Crippen LogP contribution in [-0.4, -0.2) is 37.1 Å². The second-order valence-electron chi connectivity index (χ2n) is 7.62. The fourth-order valence-electron chi connectivity index (χ4n) is 4.00. The zero-order valence-electron chi connectivity index (χ0n) is 15.9. The predicted molar refractivity (Wildman–Crippen MR) is 108 cm³/mol. The van der Waals surface area contributed by atoms with Gasteiger partial charge in [0, 0.05) is 25.3 Å². The molecule has 1 heterocycles. The minimum Gasteiger partial charge on any atom is -0.379 e. The van der Waals surface area contributed by atoms with Crippen LogP contribution in [0.25, 0.3) is 0 Å². The normalized spacial score (nSPS) is 17.3. The van der Waals surface area contributed by atoms with Crippen LogP contribution in [0.15, 0.2) is 42.5 Å². The van der Waals surface area contributed by atoms with Crippen molar-refractivity contribution < 1.29 is 9.53 Å². The van der Waals surface area contributed by atoms with Crippen molar-refractivity contribution in [1.29, 1.82) is 0 Å². The van der Waals surface area contributed by atoms with Crippen molar-refractivity contribution >= 4 is 11.6 Å². The number of hydrogen-bond donors (Lipinski definition) is 1. The van der Waals surface area contributed by atoms with Gasteiger partial charge in [0.1, 0.15) is 0 Å². The number of rotatable bonds is 5. The largest absolute Gasteiger partial charge is 0.379 e. The molecule has 0 atom stereocenters. The van der Waals surface area contributed by atoms with Crippen molar-refractivity contribution in [3.63, 3.8) is 0 Å². The Balaban J connectivity index is 1.31. The Morgan fingerprint density at radius 1 is 0.926 bits per heavy atom. The number of ether oxygens (including phenoxy) is 1. The lowest BCUT2D eigenvalue weighted by molar-refractivity contribution is -0.115. The molecule has 0 unspecified atom stereocenters. The Bertz CT molecular complexity index is 779. The molecule has 2 aromatic rings. The van der Waals surface area contributed by atoms with E-state index < -0.39 is 0 Å². The van der Waals surface area contributed by atoms with E-state index >= 15 is 0 Å². The molecule has 0 radical (unpaired) electrons. The molecule has 4 rings (SSSR count). The van der Waals surface area contributed by atoms with Crippen molar-refractivity contribution in [3.8, 4) is 0 Å². The van der Waals surface area contributed by atoms with E-state index in [0.717, 1.165) is 50.5 Å². The van der Waals surface area contributed by atoms with E-state index in [0.29, 0.717) is 6.42 Å². The molecule has 0 saturated carbocycles. The highest BCUT2D eigenvalue weighted by atomic mass is 16.5. The molecular weight excluding hydrogens is 336 g/mol. The van der Waals surface area contributed by atoms with Crippen LogP contribution >= 0.6 is 0 Å². The van der Waals surface area contributed by atoms with Gasteiger partial charge in [-0.1, -0.05) is 30.3 Å². The van der Waals surface area contributed by atoms with Gasteiger partial charge in [-0.25, -0.2) is 0 Å². The van der Waals surface area contributed by atoms with Crippen molar-refractivity contribution in [2.75, 3.05) is 31.6 Å². The van der Waals surface area contributed by atoms with Crippen LogP contribution in [0, 0.1) is 0 Å². The number of fused-ring (bicyclic) bond motifs is 1. The van der Waals surface area contributed by atoms with E-state index in [-0.39, 0.29) is 5.91 Å². The van der Waals surface area contributed by atoms with E-state index in [4.69, 9.17) is 4.74 Å². The number of benzene rings is 2. The molecule has 4 heteroatoms. The standard InChI is InChI=1S/C23H28N2O2/c26-23(16-19-5-8-20-3-1-2-4-21(20)15-19)24-22-9-6-18(7-10-22)17-25-11-13-27-14-12-25/h5-10,15H,1-4,11-14,16-17H2,(H,24,26). The number of nitrogens with zero attached hydrogens (tertiary/aromatic N) is 1. The minimum absolute atomic E-state index is 0.0479. The van der Waals surface area contributed by atoms with Crippen LogP contribution in [0.4, 0.5) is 5.69 Å². The second-order valence-corrected chi connectivity index (χ2v) is 7.62. The summed E-state index contributed by atoms with van der Waals surface area (Å²) in [6.45, 7) is 4.54. The van der Waals surface area contributed by atoms with Gasteiger partial charge in [0.15, 0.2) is 0 Å². The number of morpholine rings is 1. The molecule has 142 valence electrons. The fourth-order valence-corrected chi connectivity index (χ4v) is 4.00. The maximum Gasteiger partial charge on any atom is 0.228 e. The third-order valence-electron chi connectivity index (χ3n) is 5.53. The molecule has 1 aliphatic carbocycles. The number of aryl methyl sites for hydroxylation is 2. The van der Waals surface area contributed by atoms with Gasteiger partial charge in [-0.05, 0) is 60.1 Å². The first kappa shape index (κ1) is 18.2. The quantitative estimate of drug-likeness (QED) is 0.882. The molecule has 2 aromatic carbocycles. The Kier molecular flexibility index (Phi) is 5.85. The highest BCUT2D eigenvalue weighted by molar-refractivity contribution is 5.92. The van der Waals surface area contributed by atoms with Crippen LogP contribution < -0.4 is 5.32 Å². The molecule has 2 aliphatic rings. The lowest BCUT2D eigenvalue weighted by atomic mass is 9.90. The summed E-state index contributed by atoms with van der Waals surface area (Å²) in [6, 6.07) is 14.7. The summed E-state index contributed by atoms with van der Waals surface area (Å²) in [5.41, 5.74) is 6.13. The van der Waals surface area contributed by atoms with Crippen LogP contribution in [0.3, 0.4) is 0 Å². The van der Waals surface area contributed by atoms with Crippen molar-refractivity contribution in [1.82, 2.24) is 4.90 Å². The second kappa shape index (κ2) is 8.68.